The number of ketones is 2. The van der Waals surface area contributed by atoms with Crippen molar-refractivity contribution in [2.45, 2.75) is 6.92 Å². The molecule has 0 saturated carbocycles. The molecule has 1 heterocycles. The molecule has 0 atom stereocenters. The van der Waals surface area contributed by atoms with E-state index in [1.165, 1.54) is 0 Å². The van der Waals surface area contributed by atoms with E-state index in [2.05, 4.69) is 9.47 Å². The smallest absolute Gasteiger partial charge is 0.293 e. The van der Waals surface area contributed by atoms with Crippen molar-refractivity contribution < 1.29 is 33.1 Å². The molecule has 2 aromatic carbocycles. The van der Waals surface area contributed by atoms with Gasteiger partial charge in [-0.1, -0.05) is 30.3 Å². The van der Waals surface area contributed by atoms with Crippen LogP contribution in [0.25, 0.3) is 22.1 Å². The lowest BCUT2D eigenvalue weighted by Crippen LogP contribution is -2.08. The molecule has 0 aliphatic rings. The Kier molecular flexibility index (Phi) is 5.64. The highest BCUT2D eigenvalue weighted by Gasteiger charge is 2.18. The van der Waals surface area contributed by atoms with Crippen LogP contribution in [0.4, 0.5) is 0 Å². The summed E-state index contributed by atoms with van der Waals surface area (Å²) in [6, 6.07) is 12.0. The lowest BCUT2D eigenvalue weighted by Gasteiger charge is -2.08. The summed E-state index contributed by atoms with van der Waals surface area (Å²) in [5.41, 5.74) is 2.80. The fraction of sp³-hybridized carbons (Fsp3) is 0.143. The van der Waals surface area contributed by atoms with E-state index >= 15 is 0 Å². The number of benzene rings is 2. The van der Waals surface area contributed by atoms with Crippen molar-refractivity contribution in [3.63, 3.8) is 0 Å². The van der Waals surface area contributed by atoms with E-state index < -0.39 is 0 Å². The van der Waals surface area contributed by atoms with E-state index in [-0.39, 0.29) is 37.7 Å². The molecule has 0 aliphatic heterocycles. The Labute approximate surface area is 159 Å². The molecule has 3 aromatic rings. The lowest BCUT2D eigenvalue weighted by molar-refractivity contribution is -0.128. The first-order valence-electron chi connectivity index (χ1n) is 8.35. The van der Waals surface area contributed by atoms with E-state index in [0.717, 1.165) is 16.5 Å². The van der Waals surface area contributed by atoms with Gasteiger partial charge in [0.2, 0.25) is 5.78 Å². The number of fused-ring (bicyclic) bond motifs is 1. The monoisotopic (exact) mass is 380 g/mol. The molecule has 0 radical (unpaired) electrons. The zero-order chi connectivity index (χ0) is 20.1. The molecule has 0 unspecified atom stereocenters. The summed E-state index contributed by atoms with van der Waals surface area (Å²) >= 11 is 0. The largest absolute Gasteiger partial charge is 0.461 e. The van der Waals surface area contributed by atoms with Gasteiger partial charge in [0.15, 0.2) is 19.0 Å². The fourth-order valence-electron chi connectivity index (χ4n) is 2.93. The van der Waals surface area contributed by atoms with E-state index in [1.807, 2.05) is 6.07 Å². The van der Waals surface area contributed by atoms with Gasteiger partial charge in [0.05, 0.1) is 5.56 Å². The zero-order valence-corrected chi connectivity index (χ0v) is 15.0. The van der Waals surface area contributed by atoms with Crippen LogP contribution in [0, 0.1) is 6.92 Å². The minimum absolute atomic E-state index is 0.222. The molecule has 7 heteroatoms. The number of hydrogen-bond acceptors (Lipinski definition) is 7. The third-order valence-corrected chi connectivity index (χ3v) is 4.19. The van der Waals surface area contributed by atoms with Crippen LogP contribution in [-0.2, 0) is 19.1 Å². The average molecular weight is 380 g/mol. The van der Waals surface area contributed by atoms with Gasteiger partial charge in [-0.15, -0.1) is 0 Å². The number of carbonyl (C=O) groups excluding carboxylic acids is 4. The molecule has 28 heavy (non-hydrogen) atoms. The van der Waals surface area contributed by atoms with Crippen LogP contribution in [0.15, 0.2) is 46.9 Å². The van der Waals surface area contributed by atoms with Crippen LogP contribution in [-0.4, -0.2) is 37.7 Å². The summed E-state index contributed by atoms with van der Waals surface area (Å²) < 4.78 is 14.7. The average Bonchev–Trinajstić information content (AvgIpc) is 3.10. The van der Waals surface area contributed by atoms with Crippen molar-refractivity contribution >= 4 is 35.5 Å². The van der Waals surface area contributed by atoms with Gasteiger partial charge in [0.25, 0.3) is 12.9 Å². The Morgan fingerprint density at radius 2 is 1.57 bits per heavy atom. The molecular weight excluding hydrogens is 364 g/mol. The number of furan rings is 1. The highest BCUT2D eigenvalue weighted by atomic mass is 16.5. The summed E-state index contributed by atoms with van der Waals surface area (Å²) in [5, 5.41) is 0.734. The summed E-state index contributed by atoms with van der Waals surface area (Å²) in [6.45, 7) is 1.55. The Morgan fingerprint density at radius 1 is 0.929 bits per heavy atom. The maximum Gasteiger partial charge on any atom is 0.293 e. The maximum atomic E-state index is 12.3. The third-order valence-electron chi connectivity index (χ3n) is 4.19. The minimum Gasteiger partial charge on any atom is -0.461 e. The van der Waals surface area contributed by atoms with Crippen molar-refractivity contribution in [1.82, 2.24) is 0 Å². The SMILES string of the molecule is Cc1cc2c(-c3ccc(C(=O)COC=O)cc3)ccc(C(=O)COC=O)c2o1. The number of rotatable bonds is 9. The molecule has 0 saturated heterocycles. The normalized spacial score (nSPS) is 10.5. The van der Waals surface area contributed by atoms with E-state index in [0.29, 0.717) is 22.5 Å². The topological polar surface area (TPSA) is 99.9 Å². The molecule has 0 aliphatic carbocycles. The van der Waals surface area contributed by atoms with Crippen molar-refractivity contribution in [3.05, 3.63) is 59.4 Å². The molecule has 0 bridgehead atoms. The van der Waals surface area contributed by atoms with Gasteiger partial charge in [-0.25, -0.2) is 0 Å². The van der Waals surface area contributed by atoms with E-state index in [4.69, 9.17) is 4.42 Å². The van der Waals surface area contributed by atoms with Gasteiger partial charge >= 0.3 is 0 Å². The van der Waals surface area contributed by atoms with Crippen LogP contribution < -0.4 is 0 Å². The van der Waals surface area contributed by atoms with Crippen LogP contribution in [0.1, 0.15) is 26.5 Å². The van der Waals surface area contributed by atoms with Crippen LogP contribution in [0.3, 0.4) is 0 Å². The van der Waals surface area contributed by atoms with Gasteiger partial charge < -0.3 is 13.9 Å². The van der Waals surface area contributed by atoms with Crippen molar-refractivity contribution in [3.8, 4) is 11.1 Å². The Hall–Kier alpha value is -3.74. The summed E-state index contributed by atoms with van der Waals surface area (Å²) in [6.07, 6.45) is 0. The van der Waals surface area contributed by atoms with E-state index in [9.17, 15) is 19.2 Å². The van der Waals surface area contributed by atoms with Crippen LogP contribution in [0.5, 0.6) is 0 Å². The molecule has 1 aromatic heterocycles. The highest BCUT2D eigenvalue weighted by Crippen LogP contribution is 2.33. The second-order valence-electron chi connectivity index (χ2n) is 6.00. The molecule has 0 fully saturated rings. The van der Waals surface area contributed by atoms with Crippen LogP contribution in [0.2, 0.25) is 0 Å². The predicted octanol–water partition coefficient (Wildman–Crippen LogP) is 3.12. The number of Topliss-reactive ketones (excluding diaryl/α,β-unsaturated/α-hetero) is 2. The highest BCUT2D eigenvalue weighted by molar-refractivity contribution is 6.10. The molecule has 3 rings (SSSR count). The first-order chi connectivity index (χ1) is 13.5. The van der Waals surface area contributed by atoms with Gasteiger partial charge in [0.1, 0.15) is 11.3 Å². The minimum atomic E-state index is -0.367. The summed E-state index contributed by atoms with van der Waals surface area (Å²) in [7, 11) is 0. The molecular formula is C21H16O7. The first kappa shape index (κ1) is 19.0. The lowest BCUT2D eigenvalue weighted by atomic mass is 9.96. The van der Waals surface area contributed by atoms with Crippen molar-refractivity contribution in [2.75, 3.05) is 13.2 Å². The van der Waals surface area contributed by atoms with Crippen LogP contribution >= 0.6 is 0 Å². The zero-order valence-electron chi connectivity index (χ0n) is 15.0. The number of ether oxygens (including phenoxy) is 2. The predicted molar refractivity (Wildman–Crippen MR) is 99.1 cm³/mol. The summed E-state index contributed by atoms with van der Waals surface area (Å²) in [4.78, 5) is 44.7. The summed E-state index contributed by atoms with van der Waals surface area (Å²) in [5.74, 6) is -0.0428. The number of aryl methyl sites for hydroxylation is 1. The third kappa shape index (κ3) is 3.83. The second-order valence-corrected chi connectivity index (χ2v) is 6.00. The quantitative estimate of drug-likeness (QED) is 0.415. The molecule has 7 nitrogen and oxygen atoms in total. The number of hydrogen-bond donors (Lipinski definition) is 0. The maximum absolute atomic E-state index is 12.3. The molecule has 0 spiro atoms. The van der Waals surface area contributed by atoms with Crippen molar-refractivity contribution in [1.29, 1.82) is 0 Å². The standard InChI is InChI=1S/C21H16O7/c1-13-8-18-16(6-7-17(21(18)28-13)20(25)10-27-12-23)14-2-4-15(5-3-14)19(24)9-26-11-22/h2-8,11-12H,9-10H2,1H3. The second kappa shape index (κ2) is 8.30. The Balaban J connectivity index is 1.98. The molecule has 0 N–H and O–H groups in total. The van der Waals surface area contributed by atoms with Gasteiger partial charge in [-0.3, -0.25) is 19.2 Å². The Morgan fingerprint density at radius 3 is 2.21 bits per heavy atom. The van der Waals surface area contributed by atoms with Gasteiger partial charge in [-0.2, -0.15) is 0 Å². The first-order valence-corrected chi connectivity index (χ1v) is 8.35. The molecule has 0 amide bonds. The van der Waals surface area contributed by atoms with Crippen molar-refractivity contribution in [2.24, 2.45) is 0 Å². The van der Waals surface area contributed by atoms with Gasteiger partial charge in [-0.05, 0) is 30.2 Å². The Bertz CT molecular complexity index is 1040. The fourth-order valence-corrected chi connectivity index (χ4v) is 2.93. The number of carbonyl (C=O) groups is 4. The van der Waals surface area contributed by atoms with E-state index in [1.54, 1.807) is 43.3 Å². The van der Waals surface area contributed by atoms with Gasteiger partial charge in [0, 0.05) is 10.9 Å². The molecule has 142 valence electrons.